The molecule has 0 unspecified atom stereocenters. The van der Waals surface area contributed by atoms with Crippen LogP contribution in [0, 0.1) is 13.8 Å². The lowest BCUT2D eigenvalue weighted by atomic mass is 10.1. The van der Waals surface area contributed by atoms with Gasteiger partial charge in [0.2, 0.25) is 5.96 Å². The maximum atomic E-state index is 10.3. The van der Waals surface area contributed by atoms with Crippen LogP contribution in [0.3, 0.4) is 0 Å². The lowest BCUT2D eigenvalue weighted by molar-refractivity contribution is 0.266. The minimum Gasteiger partial charge on any atom is -0.489 e. The fourth-order valence-electron chi connectivity index (χ4n) is 4.67. The highest BCUT2D eigenvalue weighted by Gasteiger charge is 2.30. The van der Waals surface area contributed by atoms with E-state index in [9.17, 15) is 5.11 Å². The number of aliphatic hydroxyl groups is 1. The fourth-order valence-corrected chi connectivity index (χ4v) is 4.67. The molecular formula is C33H35N3O2. The van der Waals surface area contributed by atoms with Crippen molar-refractivity contribution in [1.29, 1.82) is 0 Å². The third kappa shape index (κ3) is 6.24. The Labute approximate surface area is 225 Å². The molecule has 1 aliphatic heterocycles. The molecule has 1 heterocycles. The van der Waals surface area contributed by atoms with Gasteiger partial charge in [-0.2, -0.15) is 0 Å². The molecule has 0 spiro atoms. The number of aliphatic hydroxyl groups excluding tert-OH is 1. The Bertz CT molecular complexity index is 1280. The van der Waals surface area contributed by atoms with E-state index >= 15 is 0 Å². The summed E-state index contributed by atoms with van der Waals surface area (Å²) in [6, 6.07) is 35.1. The van der Waals surface area contributed by atoms with Crippen LogP contribution in [0.25, 0.3) is 0 Å². The van der Waals surface area contributed by atoms with Crippen molar-refractivity contribution >= 4 is 17.3 Å². The molecule has 0 aliphatic carbocycles. The molecule has 38 heavy (non-hydrogen) atoms. The maximum absolute atomic E-state index is 10.3. The standard InChI is InChI=1S/C33H35N3O2/c1-25-8-14-30(15-9-25)35-20-21-36(31-16-10-26(2)11-17-31)33(35)34-29(23-37)22-27-12-18-32(19-13-27)38-24-28-6-4-3-5-7-28/h3-19,29,37H,20-24H2,1-2H3/t29-/m0/s1. The van der Waals surface area contributed by atoms with Crippen molar-refractivity contribution in [2.75, 3.05) is 29.5 Å². The topological polar surface area (TPSA) is 48.3 Å². The molecule has 5 heteroatoms. The van der Waals surface area contributed by atoms with Crippen molar-refractivity contribution in [2.24, 2.45) is 4.99 Å². The number of hydrogen-bond donors (Lipinski definition) is 1. The van der Waals surface area contributed by atoms with Crippen LogP contribution >= 0.6 is 0 Å². The van der Waals surface area contributed by atoms with Crippen molar-refractivity contribution in [1.82, 2.24) is 0 Å². The Morgan fingerprint density at radius 2 is 1.26 bits per heavy atom. The van der Waals surface area contributed by atoms with E-state index in [0.717, 1.165) is 47.3 Å². The largest absolute Gasteiger partial charge is 0.489 e. The molecular weight excluding hydrogens is 470 g/mol. The highest BCUT2D eigenvalue weighted by Crippen LogP contribution is 2.27. The highest BCUT2D eigenvalue weighted by molar-refractivity contribution is 6.09. The molecule has 1 atom stereocenters. The SMILES string of the molecule is Cc1ccc(N2CCN(c3ccc(C)cc3)C2=N[C@H](CO)Cc2ccc(OCc3ccccc3)cc2)cc1. The van der Waals surface area contributed by atoms with Crippen molar-refractivity contribution in [2.45, 2.75) is 32.9 Å². The second-order valence-corrected chi connectivity index (χ2v) is 9.86. The van der Waals surface area contributed by atoms with E-state index in [-0.39, 0.29) is 12.6 Å². The Hall–Kier alpha value is -4.09. The molecule has 5 rings (SSSR count). The number of nitrogens with zero attached hydrogens (tertiary/aromatic N) is 3. The third-order valence-corrected chi connectivity index (χ3v) is 6.87. The Morgan fingerprint density at radius 3 is 1.79 bits per heavy atom. The summed E-state index contributed by atoms with van der Waals surface area (Å²) in [5, 5.41) is 10.3. The van der Waals surface area contributed by atoms with Gasteiger partial charge < -0.3 is 19.6 Å². The van der Waals surface area contributed by atoms with Crippen molar-refractivity contribution in [3.63, 3.8) is 0 Å². The number of ether oxygens (including phenoxy) is 1. The molecule has 0 bridgehead atoms. The predicted molar refractivity (Wildman–Crippen MR) is 156 cm³/mol. The van der Waals surface area contributed by atoms with Crippen LogP contribution in [-0.4, -0.2) is 36.8 Å². The van der Waals surface area contributed by atoms with Gasteiger partial charge in [0.25, 0.3) is 0 Å². The van der Waals surface area contributed by atoms with Gasteiger partial charge in [-0.05, 0) is 67.8 Å². The van der Waals surface area contributed by atoms with E-state index < -0.39 is 0 Å². The first-order chi connectivity index (χ1) is 18.6. The monoisotopic (exact) mass is 505 g/mol. The molecule has 5 nitrogen and oxygen atoms in total. The van der Waals surface area contributed by atoms with E-state index in [0.29, 0.717) is 13.0 Å². The number of rotatable bonds is 9. The average Bonchev–Trinajstić information content (AvgIpc) is 3.37. The zero-order valence-corrected chi connectivity index (χ0v) is 22.1. The third-order valence-electron chi connectivity index (χ3n) is 6.87. The number of aryl methyl sites for hydroxylation is 2. The lowest BCUT2D eigenvalue weighted by Gasteiger charge is -2.25. The first-order valence-electron chi connectivity index (χ1n) is 13.2. The van der Waals surface area contributed by atoms with Crippen LogP contribution in [0.5, 0.6) is 5.75 Å². The lowest BCUT2D eigenvalue weighted by Crippen LogP contribution is -2.36. The molecule has 1 aliphatic rings. The quantitative estimate of drug-likeness (QED) is 0.296. The first-order valence-corrected chi connectivity index (χ1v) is 13.2. The zero-order valence-electron chi connectivity index (χ0n) is 22.1. The Morgan fingerprint density at radius 1 is 0.711 bits per heavy atom. The second kappa shape index (κ2) is 12.0. The number of anilines is 2. The van der Waals surface area contributed by atoms with Crippen molar-refractivity contribution in [3.8, 4) is 5.75 Å². The number of benzene rings is 4. The summed E-state index contributed by atoms with van der Waals surface area (Å²) in [6.07, 6.45) is 0.641. The molecule has 1 N–H and O–H groups in total. The molecule has 0 aromatic heterocycles. The molecule has 0 saturated carbocycles. The van der Waals surface area contributed by atoms with Gasteiger partial charge >= 0.3 is 0 Å². The van der Waals surface area contributed by atoms with Crippen LogP contribution in [0.1, 0.15) is 22.3 Å². The molecule has 194 valence electrons. The smallest absolute Gasteiger partial charge is 0.206 e. The van der Waals surface area contributed by atoms with Crippen LogP contribution in [-0.2, 0) is 13.0 Å². The van der Waals surface area contributed by atoms with Crippen LogP contribution in [0.4, 0.5) is 11.4 Å². The fraction of sp³-hybridized carbons (Fsp3) is 0.242. The van der Waals surface area contributed by atoms with Gasteiger partial charge in [-0.3, -0.25) is 0 Å². The van der Waals surface area contributed by atoms with Crippen LogP contribution in [0.15, 0.2) is 108 Å². The summed E-state index contributed by atoms with van der Waals surface area (Å²) >= 11 is 0. The number of aliphatic imine (C=N–C) groups is 1. The van der Waals surface area contributed by atoms with Gasteiger partial charge in [-0.1, -0.05) is 77.9 Å². The zero-order chi connectivity index (χ0) is 26.3. The second-order valence-electron chi connectivity index (χ2n) is 9.86. The average molecular weight is 506 g/mol. The Balaban J connectivity index is 1.35. The molecule has 1 saturated heterocycles. The summed E-state index contributed by atoms with van der Waals surface area (Å²) in [7, 11) is 0. The minimum absolute atomic E-state index is 0.0285. The predicted octanol–water partition coefficient (Wildman–Crippen LogP) is 6.17. The molecule has 1 fully saturated rings. The summed E-state index contributed by atoms with van der Waals surface area (Å²) in [5.74, 6) is 1.70. The van der Waals surface area contributed by atoms with E-state index in [1.54, 1.807) is 0 Å². The Kier molecular flexibility index (Phi) is 8.05. The van der Waals surface area contributed by atoms with Gasteiger partial charge in [-0.25, -0.2) is 4.99 Å². The van der Waals surface area contributed by atoms with Gasteiger partial charge in [-0.15, -0.1) is 0 Å². The summed E-state index contributed by atoms with van der Waals surface area (Å²) < 4.78 is 5.94. The van der Waals surface area contributed by atoms with Gasteiger partial charge in [0.05, 0.1) is 12.6 Å². The summed E-state index contributed by atoms with van der Waals surface area (Å²) in [6.45, 7) is 6.38. The van der Waals surface area contributed by atoms with E-state index in [1.165, 1.54) is 11.1 Å². The molecule has 4 aromatic carbocycles. The van der Waals surface area contributed by atoms with Gasteiger partial charge in [0, 0.05) is 24.5 Å². The van der Waals surface area contributed by atoms with Crippen LogP contribution < -0.4 is 14.5 Å². The molecule has 0 radical (unpaired) electrons. The van der Waals surface area contributed by atoms with E-state index in [4.69, 9.17) is 9.73 Å². The van der Waals surface area contributed by atoms with Crippen molar-refractivity contribution < 1.29 is 9.84 Å². The van der Waals surface area contributed by atoms with Gasteiger partial charge in [0.1, 0.15) is 12.4 Å². The summed E-state index contributed by atoms with van der Waals surface area (Å²) in [4.78, 5) is 9.64. The number of guanidine groups is 1. The van der Waals surface area contributed by atoms with Crippen molar-refractivity contribution in [3.05, 3.63) is 125 Å². The molecule has 0 amide bonds. The van der Waals surface area contributed by atoms with Crippen LogP contribution in [0.2, 0.25) is 0 Å². The van der Waals surface area contributed by atoms with E-state index in [2.05, 4.69) is 96.4 Å². The number of hydrogen-bond acceptors (Lipinski definition) is 3. The maximum Gasteiger partial charge on any atom is 0.206 e. The summed E-state index contributed by atoms with van der Waals surface area (Å²) in [5.41, 5.74) is 6.93. The highest BCUT2D eigenvalue weighted by atomic mass is 16.5. The normalized spacial score (nSPS) is 14.0. The molecule has 4 aromatic rings. The van der Waals surface area contributed by atoms with Gasteiger partial charge in [0.15, 0.2) is 0 Å². The van der Waals surface area contributed by atoms with E-state index in [1.807, 2.05) is 30.3 Å². The minimum atomic E-state index is -0.264. The first kappa shape index (κ1) is 25.6.